The number of carbonyl (C=O) groups is 1. The molecular formula is C17H17ClN2O2. The molecule has 1 amide bonds. The van der Waals surface area contributed by atoms with Crippen LogP contribution in [-0.4, -0.2) is 16.8 Å². The minimum absolute atomic E-state index is 0.161. The van der Waals surface area contributed by atoms with E-state index in [1.807, 2.05) is 31.2 Å². The number of aryl methyl sites for hydroxylation is 1. The molecule has 3 rings (SSSR count). The molecule has 0 fully saturated rings. The molecule has 0 radical (unpaired) electrons. The molecule has 2 aromatic rings. The van der Waals surface area contributed by atoms with E-state index in [-0.39, 0.29) is 5.91 Å². The van der Waals surface area contributed by atoms with Crippen molar-refractivity contribution in [3.63, 3.8) is 0 Å². The van der Waals surface area contributed by atoms with Crippen LogP contribution in [0.1, 0.15) is 29.8 Å². The number of hydrogen-bond donors (Lipinski definition) is 1. The number of benzene rings is 2. The highest BCUT2D eigenvalue weighted by molar-refractivity contribution is 6.31. The smallest absolute Gasteiger partial charge is 0.262 e. The zero-order valence-corrected chi connectivity index (χ0v) is 13.4. The number of nitrogens with zero attached hydrogens (tertiary/aromatic N) is 2. The Morgan fingerprint density at radius 2 is 1.73 bits per heavy atom. The molecule has 114 valence electrons. The Morgan fingerprint density at radius 1 is 1.09 bits per heavy atom. The molecule has 22 heavy (non-hydrogen) atoms. The predicted molar refractivity (Wildman–Crippen MR) is 87.8 cm³/mol. The van der Waals surface area contributed by atoms with Gasteiger partial charge in [0.2, 0.25) is 0 Å². The molecule has 4 nitrogen and oxygen atoms in total. The number of anilines is 2. The highest BCUT2D eigenvalue weighted by Crippen LogP contribution is 2.39. The molecule has 0 atom stereocenters. The third kappa shape index (κ3) is 2.16. The Labute approximate surface area is 134 Å². The van der Waals surface area contributed by atoms with Crippen molar-refractivity contribution in [3.05, 3.63) is 58.6 Å². The quantitative estimate of drug-likeness (QED) is 0.855. The summed E-state index contributed by atoms with van der Waals surface area (Å²) in [6.45, 7) is 5.56. The Hall–Kier alpha value is -2.04. The van der Waals surface area contributed by atoms with E-state index in [1.54, 1.807) is 36.9 Å². The standard InChI is InChI=1S/C17H17ClN2O2/c1-11-4-7-13(8-5-11)19-16(21)14-9-6-12(18)10-15(14)20(22)17(19,2)3/h4-10,22H,1-3H3. The fourth-order valence-corrected chi connectivity index (χ4v) is 2.91. The van der Waals surface area contributed by atoms with Crippen LogP contribution in [0.2, 0.25) is 5.02 Å². The molecule has 0 saturated heterocycles. The van der Waals surface area contributed by atoms with Crippen molar-refractivity contribution in [1.29, 1.82) is 0 Å². The van der Waals surface area contributed by atoms with Crippen molar-refractivity contribution in [2.24, 2.45) is 0 Å². The average molecular weight is 317 g/mol. The number of hydroxylamine groups is 1. The maximum Gasteiger partial charge on any atom is 0.262 e. The highest BCUT2D eigenvalue weighted by Gasteiger charge is 2.44. The van der Waals surface area contributed by atoms with Gasteiger partial charge in [0.1, 0.15) is 5.66 Å². The third-order valence-electron chi connectivity index (χ3n) is 3.98. The summed E-state index contributed by atoms with van der Waals surface area (Å²) in [7, 11) is 0. The van der Waals surface area contributed by atoms with Gasteiger partial charge in [-0.05, 0) is 51.1 Å². The molecule has 2 aromatic carbocycles. The van der Waals surface area contributed by atoms with E-state index in [4.69, 9.17) is 11.6 Å². The molecule has 0 saturated carbocycles. The zero-order valence-electron chi connectivity index (χ0n) is 12.7. The Morgan fingerprint density at radius 3 is 2.36 bits per heavy atom. The van der Waals surface area contributed by atoms with Crippen molar-refractivity contribution in [2.45, 2.75) is 26.4 Å². The van der Waals surface area contributed by atoms with E-state index in [1.165, 1.54) is 0 Å². The first kappa shape index (κ1) is 14.9. The first-order valence-electron chi connectivity index (χ1n) is 7.02. The van der Waals surface area contributed by atoms with Crippen LogP contribution in [0.5, 0.6) is 0 Å². The molecular weight excluding hydrogens is 300 g/mol. The molecule has 5 heteroatoms. The van der Waals surface area contributed by atoms with Crippen molar-refractivity contribution in [2.75, 3.05) is 9.96 Å². The minimum atomic E-state index is -0.927. The average Bonchev–Trinajstić information content (AvgIpc) is 2.47. The molecule has 0 aliphatic carbocycles. The SMILES string of the molecule is Cc1ccc(N2C(=O)c3ccc(Cl)cc3N(O)C2(C)C)cc1. The molecule has 1 aliphatic heterocycles. The number of amides is 1. The van der Waals surface area contributed by atoms with Gasteiger partial charge < -0.3 is 0 Å². The summed E-state index contributed by atoms with van der Waals surface area (Å²) in [4.78, 5) is 14.5. The van der Waals surface area contributed by atoms with Gasteiger partial charge in [-0.15, -0.1) is 0 Å². The predicted octanol–water partition coefficient (Wildman–Crippen LogP) is 4.24. The Bertz CT molecular complexity index is 741. The van der Waals surface area contributed by atoms with Crippen LogP contribution in [0.4, 0.5) is 11.4 Å². The molecule has 0 aromatic heterocycles. The first-order valence-corrected chi connectivity index (χ1v) is 7.40. The molecule has 1 aliphatic rings. The van der Waals surface area contributed by atoms with Gasteiger partial charge in [0.25, 0.3) is 5.91 Å². The molecule has 0 unspecified atom stereocenters. The monoisotopic (exact) mass is 316 g/mol. The van der Waals surface area contributed by atoms with Crippen molar-refractivity contribution in [1.82, 2.24) is 0 Å². The normalized spacial score (nSPS) is 16.7. The number of halogens is 1. The molecule has 0 spiro atoms. The lowest BCUT2D eigenvalue weighted by Crippen LogP contribution is -2.62. The van der Waals surface area contributed by atoms with Gasteiger partial charge in [0.15, 0.2) is 0 Å². The van der Waals surface area contributed by atoms with E-state index in [0.717, 1.165) is 16.3 Å². The van der Waals surface area contributed by atoms with Crippen LogP contribution in [-0.2, 0) is 0 Å². The first-order chi connectivity index (χ1) is 10.3. The number of fused-ring (bicyclic) bond motifs is 1. The summed E-state index contributed by atoms with van der Waals surface area (Å²) in [6.07, 6.45) is 0. The van der Waals surface area contributed by atoms with E-state index in [2.05, 4.69) is 0 Å². The van der Waals surface area contributed by atoms with Gasteiger partial charge in [0, 0.05) is 10.7 Å². The van der Waals surface area contributed by atoms with Gasteiger partial charge in [0.05, 0.1) is 11.3 Å². The maximum atomic E-state index is 12.9. The van der Waals surface area contributed by atoms with Crippen molar-refractivity contribution >= 4 is 28.9 Å². The molecule has 1 N–H and O–H groups in total. The topological polar surface area (TPSA) is 43.8 Å². The number of carbonyl (C=O) groups excluding carboxylic acids is 1. The van der Waals surface area contributed by atoms with E-state index < -0.39 is 5.66 Å². The van der Waals surface area contributed by atoms with Crippen LogP contribution in [0.25, 0.3) is 0 Å². The van der Waals surface area contributed by atoms with Gasteiger partial charge in [-0.25, -0.2) is 5.06 Å². The van der Waals surface area contributed by atoms with Gasteiger partial charge >= 0.3 is 0 Å². The Balaban J connectivity index is 2.17. The van der Waals surface area contributed by atoms with Crippen LogP contribution >= 0.6 is 11.6 Å². The molecule has 0 bridgehead atoms. The summed E-state index contributed by atoms with van der Waals surface area (Å²) in [5.74, 6) is -0.161. The van der Waals surface area contributed by atoms with E-state index in [9.17, 15) is 10.0 Å². The summed E-state index contributed by atoms with van der Waals surface area (Å²) < 4.78 is 0. The number of hydrogen-bond acceptors (Lipinski definition) is 3. The lowest BCUT2D eigenvalue weighted by Gasteiger charge is -2.48. The second-order valence-corrected chi connectivity index (χ2v) is 6.38. The molecule has 1 heterocycles. The van der Waals surface area contributed by atoms with E-state index >= 15 is 0 Å². The largest absolute Gasteiger partial charge is 0.286 e. The van der Waals surface area contributed by atoms with Gasteiger partial charge in [-0.2, -0.15) is 0 Å². The van der Waals surface area contributed by atoms with Gasteiger partial charge in [-0.1, -0.05) is 29.3 Å². The fourth-order valence-electron chi connectivity index (χ4n) is 2.75. The summed E-state index contributed by atoms with van der Waals surface area (Å²) in [5.41, 5.74) is 1.77. The van der Waals surface area contributed by atoms with Crippen LogP contribution in [0, 0.1) is 6.92 Å². The lowest BCUT2D eigenvalue weighted by molar-refractivity contribution is 0.0873. The second-order valence-electron chi connectivity index (χ2n) is 5.94. The minimum Gasteiger partial charge on any atom is -0.286 e. The van der Waals surface area contributed by atoms with Crippen molar-refractivity contribution < 1.29 is 10.0 Å². The number of rotatable bonds is 1. The van der Waals surface area contributed by atoms with Crippen LogP contribution < -0.4 is 9.96 Å². The highest BCUT2D eigenvalue weighted by atomic mass is 35.5. The third-order valence-corrected chi connectivity index (χ3v) is 4.21. The van der Waals surface area contributed by atoms with Crippen LogP contribution in [0.3, 0.4) is 0 Å². The summed E-state index contributed by atoms with van der Waals surface area (Å²) >= 11 is 5.99. The maximum absolute atomic E-state index is 12.9. The fraction of sp³-hybridized carbons (Fsp3) is 0.235. The van der Waals surface area contributed by atoms with Crippen molar-refractivity contribution in [3.8, 4) is 0 Å². The van der Waals surface area contributed by atoms with Crippen LogP contribution in [0.15, 0.2) is 42.5 Å². The van der Waals surface area contributed by atoms with E-state index in [0.29, 0.717) is 16.3 Å². The summed E-state index contributed by atoms with van der Waals surface area (Å²) in [6, 6.07) is 12.5. The lowest BCUT2D eigenvalue weighted by atomic mass is 10.00. The Kier molecular flexibility index (Phi) is 3.38. The van der Waals surface area contributed by atoms with Gasteiger partial charge in [-0.3, -0.25) is 14.9 Å². The second kappa shape index (κ2) is 5.00. The summed E-state index contributed by atoms with van der Waals surface area (Å²) in [5, 5.41) is 12.2. The zero-order chi connectivity index (χ0) is 16.1.